The summed E-state index contributed by atoms with van der Waals surface area (Å²) >= 11 is 0. The number of amides is 1. The summed E-state index contributed by atoms with van der Waals surface area (Å²) in [4.78, 5) is 23.1. The minimum atomic E-state index is -0.907. The Kier molecular flexibility index (Phi) is 3.85. The number of rotatable bonds is 4. The lowest BCUT2D eigenvalue weighted by molar-refractivity contribution is -0.136. The van der Waals surface area contributed by atoms with Crippen molar-refractivity contribution in [3.8, 4) is 0 Å². The summed E-state index contributed by atoms with van der Waals surface area (Å²) in [6, 6.07) is 7.02. The second-order valence-electron chi connectivity index (χ2n) is 5.17. The SMILES string of the molecule is CC1(C(=O)Nc2ccccc2CC(=O)O)CCNC1. The molecule has 1 saturated heterocycles. The molecule has 1 unspecified atom stereocenters. The maximum absolute atomic E-state index is 12.3. The van der Waals surface area contributed by atoms with Gasteiger partial charge in [0.25, 0.3) is 0 Å². The zero-order chi connectivity index (χ0) is 13.9. The van der Waals surface area contributed by atoms with Gasteiger partial charge in [-0.1, -0.05) is 18.2 Å². The molecule has 5 heteroatoms. The molecule has 1 aliphatic rings. The molecule has 1 fully saturated rings. The number of anilines is 1. The van der Waals surface area contributed by atoms with E-state index in [1.807, 2.05) is 6.92 Å². The molecule has 1 amide bonds. The van der Waals surface area contributed by atoms with Crippen molar-refractivity contribution in [3.63, 3.8) is 0 Å². The Morgan fingerprint density at radius 2 is 2.16 bits per heavy atom. The molecule has 0 bridgehead atoms. The van der Waals surface area contributed by atoms with Crippen LogP contribution >= 0.6 is 0 Å². The van der Waals surface area contributed by atoms with Gasteiger partial charge in [-0.05, 0) is 31.5 Å². The van der Waals surface area contributed by atoms with Gasteiger partial charge in [0.2, 0.25) is 5.91 Å². The molecule has 19 heavy (non-hydrogen) atoms. The summed E-state index contributed by atoms with van der Waals surface area (Å²) in [5.41, 5.74) is 0.789. The van der Waals surface area contributed by atoms with E-state index in [-0.39, 0.29) is 12.3 Å². The van der Waals surface area contributed by atoms with E-state index < -0.39 is 11.4 Å². The van der Waals surface area contributed by atoms with Crippen LogP contribution in [0.15, 0.2) is 24.3 Å². The first-order valence-corrected chi connectivity index (χ1v) is 6.33. The molecule has 1 aromatic carbocycles. The van der Waals surface area contributed by atoms with Crippen molar-refractivity contribution >= 4 is 17.6 Å². The Labute approximate surface area is 112 Å². The van der Waals surface area contributed by atoms with E-state index in [0.29, 0.717) is 17.8 Å². The van der Waals surface area contributed by atoms with Gasteiger partial charge in [0.1, 0.15) is 0 Å². The maximum atomic E-state index is 12.3. The van der Waals surface area contributed by atoms with Crippen LogP contribution in [-0.4, -0.2) is 30.1 Å². The Balaban J connectivity index is 2.14. The average Bonchev–Trinajstić information content (AvgIpc) is 2.79. The van der Waals surface area contributed by atoms with Gasteiger partial charge in [-0.25, -0.2) is 0 Å². The lowest BCUT2D eigenvalue weighted by Crippen LogP contribution is -2.35. The molecule has 1 heterocycles. The van der Waals surface area contributed by atoms with E-state index >= 15 is 0 Å². The number of para-hydroxylation sites is 1. The second kappa shape index (κ2) is 5.40. The molecule has 5 nitrogen and oxygen atoms in total. The standard InChI is InChI=1S/C14H18N2O3/c1-14(6-7-15-9-14)13(19)16-11-5-3-2-4-10(11)8-12(17)18/h2-5,15H,6-9H2,1H3,(H,16,19)(H,17,18). The van der Waals surface area contributed by atoms with Crippen molar-refractivity contribution in [2.45, 2.75) is 19.8 Å². The van der Waals surface area contributed by atoms with Crippen LogP contribution in [-0.2, 0) is 16.0 Å². The van der Waals surface area contributed by atoms with Gasteiger partial charge >= 0.3 is 5.97 Å². The number of nitrogens with one attached hydrogen (secondary N) is 2. The van der Waals surface area contributed by atoms with E-state index in [2.05, 4.69) is 10.6 Å². The van der Waals surface area contributed by atoms with Crippen LogP contribution in [0.4, 0.5) is 5.69 Å². The highest BCUT2D eigenvalue weighted by atomic mass is 16.4. The number of carboxylic acids is 1. The Morgan fingerprint density at radius 3 is 2.79 bits per heavy atom. The highest BCUT2D eigenvalue weighted by Gasteiger charge is 2.36. The summed E-state index contributed by atoms with van der Waals surface area (Å²) in [6.45, 7) is 3.41. The highest BCUT2D eigenvalue weighted by Crippen LogP contribution is 2.27. The smallest absolute Gasteiger partial charge is 0.307 e. The molecule has 1 atom stereocenters. The number of aliphatic carboxylic acids is 1. The Morgan fingerprint density at radius 1 is 1.42 bits per heavy atom. The zero-order valence-electron chi connectivity index (χ0n) is 10.9. The van der Waals surface area contributed by atoms with E-state index in [0.717, 1.165) is 13.0 Å². The minimum absolute atomic E-state index is 0.0599. The van der Waals surface area contributed by atoms with Crippen molar-refractivity contribution in [3.05, 3.63) is 29.8 Å². The van der Waals surface area contributed by atoms with Gasteiger partial charge in [0.15, 0.2) is 0 Å². The van der Waals surface area contributed by atoms with Gasteiger partial charge in [-0.3, -0.25) is 9.59 Å². The molecule has 2 rings (SSSR count). The van der Waals surface area contributed by atoms with Crippen molar-refractivity contribution in [1.29, 1.82) is 0 Å². The van der Waals surface area contributed by atoms with Crippen LogP contribution in [0.2, 0.25) is 0 Å². The minimum Gasteiger partial charge on any atom is -0.481 e. The van der Waals surface area contributed by atoms with Crippen molar-refractivity contribution < 1.29 is 14.7 Å². The fourth-order valence-corrected chi connectivity index (χ4v) is 2.24. The van der Waals surface area contributed by atoms with E-state index in [1.54, 1.807) is 24.3 Å². The topological polar surface area (TPSA) is 78.4 Å². The molecule has 1 aliphatic heterocycles. The number of carboxylic acid groups (broad SMARTS) is 1. The Bertz CT molecular complexity index is 493. The lowest BCUT2D eigenvalue weighted by atomic mass is 9.88. The number of hydrogen-bond acceptors (Lipinski definition) is 3. The summed E-state index contributed by atoms with van der Waals surface area (Å²) in [6.07, 6.45) is 0.700. The summed E-state index contributed by atoms with van der Waals surface area (Å²) in [5.74, 6) is -0.967. The first-order chi connectivity index (χ1) is 9.01. The van der Waals surface area contributed by atoms with Gasteiger partial charge in [-0.15, -0.1) is 0 Å². The molecule has 3 N–H and O–H groups in total. The zero-order valence-corrected chi connectivity index (χ0v) is 10.9. The van der Waals surface area contributed by atoms with Crippen LogP contribution in [0.3, 0.4) is 0 Å². The van der Waals surface area contributed by atoms with Crippen molar-refractivity contribution in [1.82, 2.24) is 5.32 Å². The monoisotopic (exact) mass is 262 g/mol. The molecular weight excluding hydrogens is 244 g/mol. The van der Waals surface area contributed by atoms with Crippen LogP contribution < -0.4 is 10.6 Å². The van der Waals surface area contributed by atoms with Gasteiger partial charge in [0.05, 0.1) is 11.8 Å². The van der Waals surface area contributed by atoms with Crippen molar-refractivity contribution in [2.75, 3.05) is 18.4 Å². The number of benzene rings is 1. The molecule has 102 valence electrons. The number of hydrogen-bond donors (Lipinski definition) is 3. The van der Waals surface area contributed by atoms with Gasteiger partial charge in [0, 0.05) is 12.2 Å². The van der Waals surface area contributed by atoms with Crippen LogP contribution in [0.5, 0.6) is 0 Å². The quantitative estimate of drug-likeness (QED) is 0.763. The fraction of sp³-hybridized carbons (Fsp3) is 0.429. The largest absolute Gasteiger partial charge is 0.481 e. The second-order valence-corrected chi connectivity index (χ2v) is 5.17. The number of carbonyl (C=O) groups excluding carboxylic acids is 1. The first kappa shape index (κ1) is 13.5. The van der Waals surface area contributed by atoms with E-state index in [4.69, 9.17) is 5.11 Å². The normalized spacial score (nSPS) is 22.2. The van der Waals surface area contributed by atoms with Crippen molar-refractivity contribution in [2.24, 2.45) is 5.41 Å². The first-order valence-electron chi connectivity index (χ1n) is 6.33. The summed E-state index contributed by atoms with van der Waals surface area (Å²) in [5, 5.41) is 14.9. The van der Waals surface area contributed by atoms with Gasteiger partial charge in [-0.2, -0.15) is 0 Å². The lowest BCUT2D eigenvalue weighted by Gasteiger charge is -2.22. The van der Waals surface area contributed by atoms with E-state index in [1.165, 1.54) is 0 Å². The van der Waals surface area contributed by atoms with Crippen LogP contribution in [0.25, 0.3) is 0 Å². The molecular formula is C14H18N2O3. The fourth-order valence-electron chi connectivity index (χ4n) is 2.24. The number of carbonyl (C=O) groups is 2. The predicted molar refractivity (Wildman–Crippen MR) is 72.0 cm³/mol. The van der Waals surface area contributed by atoms with Gasteiger partial charge < -0.3 is 15.7 Å². The molecule has 0 saturated carbocycles. The van der Waals surface area contributed by atoms with Crippen LogP contribution in [0.1, 0.15) is 18.9 Å². The third-order valence-corrected chi connectivity index (χ3v) is 3.52. The highest BCUT2D eigenvalue weighted by molar-refractivity contribution is 5.96. The molecule has 0 aromatic heterocycles. The van der Waals surface area contributed by atoms with Crippen LogP contribution in [0, 0.1) is 5.41 Å². The van der Waals surface area contributed by atoms with E-state index in [9.17, 15) is 9.59 Å². The maximum Gasteiger partial charge on any atom is 0.307 e. The third-order valence-electron chi connectivity index (χ3n) is 3.52. The summed E-state index contributed by atoms with van der Waals surface area (Å²) < 4.78 is 0. The predicted octanol–water partition coefficient (Wildman–Crippen LogP) is 1.25. The summed E-state index contributed by atoms with van der Waals surface area (Å²) in [7, 11) is 0. The average molecular weight is 262 g/mol. The molecule has 0 radical (unpaired) electrons. The molecule has 0 aliphatic carbocycles. The Hall–Kier alpha value is -1.88. The third kappa shape index (κ3) is 3.12. The molecule has 1 aromatic rings. The molecule has 0 spiro atoms.